The average Bonchev–Trinajstić information content (AvgIpc) is 3.93. The molecule has 0 amide bonds. The molecule has 0 saturated heterocycles. The van der Waals surface area contributed by atoms with Crippen LogP contribution in [0.25, 0.3) is 126 Å². The molecule has 0 saturated carbocycles. The minimum absolute atomic E-state index is 0.933. The summed E-state index contributed by atoms with van der Waals surface area (Å²) in [6, 6.07) is 72.1. The van der Waals surface area contributed by atoms with E-state index in [1.54, 1.807) is 0 Å². The predicted molar refractivity (Wildman–Crippen MR) is 298 cm³/mol. The van der Waals surface area contributed by atoms with Crippen molar-refractivity contribution in [3.05, 3.63) is 248 Å². The van der Waals surface area contributed by atoms with Crippen LogP contribution in [0.2, 0.25) is 0 Å². The summed E-state index contributed by atoms with van der Waals surface area (Å²) in [4.78, 5) is 0. The highest BCUT2D eigenvalue weighted by Crippen LogP contribution is 2.46. The van der Waals surface area contributed by atoms with Gasteiger partial charge in [-0.3, -0.25) is 0 Å². The van der Waals surface area contributed by atoms with Crippen LogP contribution in [0.4, 0.5) is 0 Å². The molecule has 2 heteroatoms. The largest absolute Gasteiger partial charge is 0.313 e. The molecule has 10 aromatic carbocycles. The third kappa shape index (κ3) is 6.40. The molecule has 0 aliphatic heterocycles. The van der Waals surface area contributed by atoms with E-state index in [-0.39, 0.29) is 0 Å². The number of benzene rings is 10. The van der Waals surface area contributed by atoms with Gasteiger partial charge in [-0.1, -0.05) is 183 Å². The molecule has 69 heavy (non-hydrogen) atoms. The average molecular weight is 881 g/mol. The summed E-state index contributed by atoms with van der Waals surface area (Å²) in [5.41, 5.74) is 18.1. The van der Waals surface area contributed by atoms with E-state index in [1.165, 1.54) is 132 Å². The molecule has 0 atom stereocenters. The van der Waals surface area contributed by atoms with Gasteiger partial charge in [0, 0.05) is 32.6 Å². The minimum Gasteiger partial charge on any atom is -0.313 e. The smallest absolute Gasteiger partial charge is 0.0541 e. The van der Waals surface area contributed by atoms with E-state index in [1.807, 2.05) is 6.08 Å². The van der Waals surface area contributed by atoms with Crippen molar-refractivity contribution in [3.63, 3.8) is 0 Å². The maximum Gasteiger partial charge on any atom is 0.0541 e. The molecule has 1 aliphatic rings. The Kier molecular flexibility index (Phi) is 9.55. The molecule has 326 valence electrons. The normalized spacial score (nSPS) is 13.8. The molecular formula is C67H48N2. The highest BCUT2D eigenvalue weighted by Gasteiger charge is 2.21. The van der Waals surface area contributed by atoms with Gasteiger partial charge in [0.15, 0.2) is 0 Å². The van der Waals surface area contributed by atoms with Crippen molar-refractivity contribution in [3.8, 4) is 39.1 Å². The van der Waals surface area contributed by atoms with Gasteiger partial charge >= 0.3 is 0 Å². The number of hydrogen-bond donors (Lipinski definition) is 0. The van der Waals surface area contributed by atoms with E-state index in [2.05, 4.69) is 254 Å². The number of nitrogens with zero attached hydrogens (tertiary/aromatic N) is 2. The van der Waals surface area contributed by atoms with Crippen LogP contribution >= 0.6 is 0 Å². The second-order valence-corrected chi connectivity index (χ2v) is 18.4. The topological polar surface area (TPSA) is 9.86 Å². The lowest BCUT2D eigenvalue weighted by Gasteiger charge is -2.20. The fourth-order valence-electron chi connectivity index (χ4n) is 11.4. The fourth-order valence-corrected chi connectivity index (χ4v) is 11.4. The lowest BCUT2D eigenvalue weighted by molar-refractivity contribution is 1.14. The second kappa shape index (κ2) is 16.3. The molecule has 0 unspecified atom stereocenters. The van der Waals surface area contributed by atoms with E-state index in [4.69, 9.17) is 0 Å². The Bertz CT molecular complexity index is 4230. The van der Waals surface area contributed by atoms with Gasteiger partial charge in [-0.25, -0.2) is 0 Å². The molecule has 2 aromatic heterocycles. The van der Waals surface area contributed by atoms with Crippen molar-refractivity contribution in [1.29, 1.82) is 0 Å². The van der Waals surface area contributed by atoms with Crippen molar-refractivity contribution < 1.29 is 0 Å². The monoisotopic (exact) mass is 880 g/mol. The molecule has 0 bridgehead atoms. The summed E-state index contributed by atoms with van der Waals surface area (Å²) >= 11 is 0. The zero-order valence-electron chi connectivity index (χ0n) is 38.7. The van der Waals surface area contributed by atoms with Gasteiger partial charge in [0.2, 0.25) is 0 Å². The first-order valence-corrected chi connectivity index (χ1v) is 24.0. The molecule has 1 aliphatic carbocycles. The number of rotatable bonds is 7. The summed E-state index contributed by atoms with van der Waals surface area (Å²) in [5.74, 6) is 0. The maximum absolute atomic E-state index is 4.37. The highest BCUT2D eigenvalue weighted by atomic mass is 15.0. The first-order valence-electron chi connectivity index (χ1n) is 24.0. The number of aromatic nitrogens is 2. The van der Waals surface area contributed by atoms with Crippen molar-refractivity contribution >= 4 is 87.2 Å². The Labute approximate surface area is 402 Å². The van der Waals surface area contributed by atoms with E-state index < -0.39 is 0 Å². The summed E-state index contributed by atoms with van der Waals surface area (Å²) < 4.78 is 4.89. The van der Waals surface area contributed by atoms with Crippen LogP contribution in [0, 0.1) is 0 Å². The van der Waals surface area contributed by atoms with Gasteiger partial charge in [0.05, 0.1) is 27.8 Å². The Balaban J connectivity index is 1.01. The molecule has 0 fully saturated rings. The van der Waals surface area contributed by atoms with Crippen LogP contribution in [-0.4, -0.2) is 9.13 Å². The summed E-state index contributed by atoms with van der Waals surface area (Å²) in [5, 5.41) is 12.3. The van der Waals surface area contributed by atoms with Crippen molar-refractivity contribution in [2.24, 2.45) is 0 Å². The highest BCUT2D eigenvalue weighted by molar-refractivity contribution is 6.21. The molecule has 0 radical (unpaired) electrons. The first-order chi connectivity index (χ1) is 34.1. The van der Waals surface area contributed by atoms with Gasteiger partial charge in [0.1, 0.15) is 0 Å². The van der Waals surface area contributed by atoms with Gasteiger partial charge in [0.25, 0.3) is 0 Å². The van der Waals surface area contributed by atoms with E-state index in [9.17, 15) is 0 Å². The summed E-state index contributed by atoms with van der Waals surface area (Å²) in [7, 11) is 0. The van der Waals surface area contributed by atoms with Crippen molar-refractivity contribution in [2.75, 3.05) is 0 Å². The Morgan fingerprint density at radius 3 is 1.75 bits per heavy atom. The van der Waals surface area contributed by atoms with Crippen LogP contribution in [0.1, 0.15) is 25.8 Å². The summed E-state index contributed by atoms with van der Waals surface area (Å²) in [6.07, 6.45) is 13.9. The first kappa shape index (κ1) is 40.5. The van der Waals surface area contributed by atoms with Gasteiger partial charge in [-0.05, 0) is 152 Å². The SMILES string of the molecule is C=CC(=CC)c1c2cc(-c3ccc4c(c3)c3ccccc3n4C(C)=C3C=CC=CC3)ccc2c(-c2ccccc2)c2cc(-c3ccc4c(c3)c3ccccc3n4-c3cccc4ccccc34)ccc12. The second-order valence-electron chi connectivity index (χ2n) is 18.4. The minimum atomic E-state index is 0.933. The van der Waals surface area contributed by atoms with E-state index >= 15 is 0 Å². The molecule has 2 nitrogen and oxygen atoms in total. The molecule has 0 spiro atoms. The van der Waals surface area contributed by atoms with Crippen LogP contribution < -0.4 is 0 Å². The van der Waals surface area contributed by atoms with Gasteiger partial charge in [-0.15, -0.1) is 0 Å². The number of hydrogen-bond acceptors (Lipinski definition) is 0. The third-order valence-corrected chi connectivity index (χ3v) is 14.7. The molecule has 12 aromatic rings. The quantitative estimate of drug-likeness (QED) is 0.111. The van der Waals surface area contributed by atoms with Crippen molar-refractivity contribution in [1.82, 2.24) is 9.13 Å². The fraction of sp³-hybridized carbons (Fsp3) is 0.0448. The molecule has 0 N–H and O–H groups in total. The lowest BCUT2D eigenvalue weighted by atomic mass is 9.83. The van der Waals surface area contributed by atoms with Crippen LogP contribution in [-0.2, 0) is 0 Å². The molecular weight excluding hydrogens is 833 g/mol. The number of allylic oxidation sites excluding steroid dienone is 9. The van der Waals surface area contributed by atoms with Crippen LogP contribution in [0.3, 0.4) is 0 Å². The molecule has 2 heterocycles. The third-order valence-electron chi connectivity index (χ3n) is 14.7. The van der Waals surface area contributed by atoms with Crippen LogP contribution in [0.15, 0.2) is 243 Å². The Morgan fingerprint density at radius 1 is 0.464 bits per heavy atom. The summed E-state index contributed by atoms with van der Waals surface area (Å²) in [6.45, 7) is 8.75. The number of para-hydroxylation sites is 2. The van der Waals surface area contributed by atoms with Crippen molar-refractivity contribution in [2.45, 2.75) is 20.3 Å². The molecule has 13 rings (SSSR count). The van der Waals surface area contributed by atoms with Gasteiger partial charge in [-0.2, -0.15) is 0 Å². The van der Waals surface area contributed by atoms with E-state index in [0.29, 0.717) is 0 Å². The Hall–Kier alpha value is -8.72. The van der Waals surface area contributed by atoms with Crippen LogP contribution in [0.5, 0.6) is 0 Å². The predicted octanol–water partition coefficient (Wildman–Crippen LogP) is 18.7. The van der Waals surface area contributed by atoms with Gasteiger partial charge < -0.3 is 9.13 Å². The number of fused-ring (bicyclic) bond motifs is 9. The maximum atomic E-state index is 4.37. The zero-order chi connectivity index (χ0) is 46.2. The standard InChI is InChI=1S/C67H48N2/c1-4-44(5-2)66-55-35-31-49(51-34-38-65-58(40-51)54-27-15-17-29-63(54)69(65)61-30-18-24-46-21-12-13-25-52(46)61)42-60(55)67(47-22-10-7-11-23-47)56-36-32-48(41-59(56)66)50-33-37-64-57(39-50)53-26-14-16-28-62(53)68(64)43(3)45-19-8-6-9-20-45/h4-19,21-42H,1,20H2,2-3H3. The lowest BCUT2D eigenvalue weighted by Crippen LogP contribution is -1.98. The van der Waals surface area contributed by atoms with E-state index in [0.717, 1.165) is 12.0 Å². The Morgan fingerprint density at radius 2 is 1.03 bits per heavy atom. The zero-order valence-corrected chi connectivity index (χ0v) is 38.7.